The molecule has 25 heavy (non-hydrogen) atoms. The zero-order chi connectivity index (χ0) is 16.9. The van der Waals surface area contributed by atoms with E-state index in [4.69, 9.17) is 9.15 Å². The average Bonchev–Trinajstić information content (AvgIpc) is 3.13. The summed E-state index contributed by atoms with van der Waals surface area (Å²) in [4.78, 5) is 24.2. The van der Waals surface area contributed by atoms with Crippen LogP contribution in [0.15, 0.2) is 41.0 Å². The van der Waals surface area contributed by atoms with E-state index < -0.39 is 0 Å². The Morgan fingerprint density at radius 3 is 2.72 bits per heavy atom. The van der Waals surface area contributed by atoms with E-state index in [1.165, 1.54) is 6.26 Å². The minimum Gasteiger partial charge on any atom is -0.459 e. The topological polar surface area (TPSA) is 92.6 Å². The second kappa shape index (κ2) is 8.66. The highest BCUT2D eigenvalue weighted by atomic mass is 35.5. The van der Waals surface area contributed by atoms with E-state index in [0.29, 0.717) is 31.1 Å². The van der Waals surface area contributed by atoms with Crippen LogP contribution in [-0.2, 0) is 9.53 Å². The van der Waals surface area contributed by atoms with Gasteiger partial charge in [-0.15, -0.1) is 12.4 Å². The van der Waals surface area contributed by atoms with Gasteiger partial charge in [0.05, 0.1) is 19.5 Å². The third-order valence-corrected chi connectivity index (χ3v) is 3.73. The van der Waals surface area contributed by atoms with Gasteiger partial charge in [-0.1, -0.05) is 0 Å². The fraction of sp³-hybridized carbons (Fsp3) is 0.294. The second-order valence-corrected chi connectivity index (χ2v) is 5.53. The Morgan fingerprint density at radius 1 is 1.24 bits per heavy atom. The van der Waals surface area contributed by atoms with Crippen molar-refractivity contribution in [3.63, 3.8) is 0 Å². The second-order valence-electron chi connectivity index (χ2n) is 5.53. The first-order valence-corrected chi connectivity index (χ1v) is 7.71. The van der Waals surface area contributed by atoms with E-state index in [1.807, 2.05) is 6.92 Å². The fourth-order valence-electron chi connectivity index (χ4n) is 2.44. The SMILES string of the molecule is Cc1cc(NC(=O)C2COCCN2)ccc1NC(=O)c1ccco1.Cl. The lowest BCUT2D eigenvalue weighted by Gasteiger charge is -2.23. The summed E-state index contributed by atoms with van der Waals surface area (Å²) in [5.41, 5.74) is 2.16. The lowest BCUT2D eigenvalue weighted by molar-refractivity contribution is -0.120. The molecule has 1 saturated heterocycles. The predicted molar refractivity (Wildman–Crippen MR) is 96.3 cm³/mol. The normalized spacial score (nSPS) is 16.6. The maximum Gasteiger partial charge on any atom is 0.291 e. The number of carbonyl (C=O) groups is 2. The summed E-state index contributed by atoms with van der Waals surface area (Å²) in [5.74, 6) is -0.208. The van der Waals surface area contributed by atoms with E-state index in [0.717, 1.165) is 5.56 Å². The van der Waals surface area contributed by atoms with Crippen LogP contribution in [-0.4, -0.2) is 37.6 Å². The molecule has 3 rings (SSSR count). The highest BCUT2D eigenvalue weighted by Crippen LogP contribution is 2.21. The zero-order valence-electron chi connectivity index (χ0n) is 13.7. The number of benzene rings is 1. The molecule has 0 bridgehead atoms. The molecule has 2 heterocycles. The molecule has 1 aliphatic rings. The van der Waals surface area contributed by atoms with E-state index in [9.17, 15) is 9.59 Å². The molecular weight excluding hydrogens is 346 g/mol. The van der Waals surface area contributed by atoms with Crippen LogP contribution >= 0.6 is 12.4 Å². The Hall–Kier alpha value is -2.35. The Kier molecular flexibility index (Phi) is 6.58. The first-order valence-electron chi connectivity index (χ1n) is 7.71. The Morgan fingerprint density at radius 2 is 2.08 bits per heavy atom. The van der Waals surface area contributed by atoms with Crippen LogP contribution in [0.4, 0.5) is 11.4 Å². The highest BCUT2D eigenvalue weighted by Gasteiger charge is 2.21. The van der Waals surface area contributed by atoms with Gasteiger partial charge >= 0.3 is 0 Å². The minimum atomic E-state index is -0.350. The lowest BCUT2D eigenvalue weighted by atomic mass is 10.1. The summed E-state index contributed by atoms with van der Waals surface area (Å²) in [6.07, 6.45) is 1.45. The number of furan rings is 1. The quantitative estimate of drug-likeness (QED) is 0.772. The maximum absolute atomic E-state index is 12.2. The smallest absolute Gasteiger partial charge is 0.291 e. The van der Waals surface area contributed by atoms with Crippen molar-refractivity contribution in [2.24, 2.45) is 0 Å². The molecule has 3 N–H and O–H groups in total. The average molecular weight is 366 g/mol. The molecule has 1 fully saturated rings. The summed E-state index contributed by atoms with van der Waals surface area (Å²) >= 11 is 0. The molecule has 2 amide bonds. The number of halogens is 1. The highest BCUT2D eigenvalue weighted by molar-refractivity contribution is 6.03. The van der Waals surface area contributed by atoms with E-state index in [2.05, 4.69) is 16.0 Å². The number of nitrogens with one attached hydrogen (secondary N) is 3. The summed E-state index contributed by atoms with van der Waals surface area (Å²) in [6, 6.07) is 8.20. The Labute approximate surface area is 151 Å². The minimum absolute atomic E-state index is 0. The van der Waals surface area contributed by atoms with E-state index in [-0.39, 0.29) is 36.0 Å². The number of anilines is 2. The Balaban J connectivity index is 0.00000225. The van der Waals surface area contributed by atoms with Crippen molar-refractivity contribution in [1.29, 1.82) is 0 Å². The van der Waals surface area contributed by atoms with Crippen molar-refractivity contribution >= 4 is 35.6 Å². The van der Waals surface area contributed by atoms with Crippen molar-refractivity contribution in [3.05, 3.63) is 47.9 Å². The molecule has 1 atom stereocenters. The monoisotopic (exact) mass is 365 g/mol. The number of rotatable bonds is 4. The predicted octanol–water partition coefficient (Wildman–Crippen LogP) is 2.19. The molecule has 1 unspecified atom stereocenters. The molecular formula is C17H20ClN3O4. The van der Waals surface area contributed by atoms with Crippen molar-refractivity contribution in [2.45, 2.75) is 13.0 Å². The van der Waals surface area contributed by atoms with Gasteiger partial charge in [0.15, 0.2) is 5.76 Å². The van der Waals surface area contributed by atoms with Crippen LogP contribution in [0, 0.1) is 6.92 Å². The van der Waals surface area contributed by atoms with Crippen LogP contribution < -0.4 is 16.0 Å². The number of aryl methyl sites for hydroxylation is 1. The molecule has 0 spiro atoms. The van der Waals surface area contributed by atoms with Crippen LogP contribution in [0.3, 0.4) is 0 Å². The standard InChI is InChI=1S/C17H19N3O4.ClH/c1-11-9-12(19-16(21)14-10-23-8-6-18-14)4-5-13(11)20-17(22)15-3-2-7-24-15;/h2-5,7,9,14,18H,6,8,10H2,1H3,(H,19,21)(H,20,22);1H. The molecule has 8 heteroatoms. The zero-order valence-corrected chi connectivity index (χ0v) is 14.5. The van der Waals surface area contributed by atoms with Crippen LogP contribution in [0.5, 0.6) is 0 Å². The van der Waals surface area contributed by atoms with Crippen molar-refractivity contribution in [1.82, 2.24) is 5.32 Å². The van der Waals surface area contributed by atoms with Gasteiger partial charge in [0.1, 0.15) is 6.04 Å². The van der Waals surface area contributed by atoms with Crippen LogP contribution in [0.1, 0.15) is 16.1 Å². The van der Waals surface area contributed by atoms with Crippen LogP contribution in [0.25, 0.3) is 0 Å². The van der Waals surface area contributed by atoms with Gasteiger partial charge in [-0.3, -0.25) is 9.59 Å². The largest absolute Gasteiger partial charge is 0.459 e. The third kappa shape index (κ3) is 4.82. The third-order valence-electron chi connectivity index (χ3n) is 3.73. The maximum atomic E-state index is 12.2. The molecule has 0 aliphatic carbocycles. The van der Waals surface area contributed by atoms with Gasteiger partial charge in [0.2, 0.25) is 5.91 Å². The fourth-order valence-corrected chi connectivity index (χ4v) is 2.44. The van der Waals surface area contributed by atoms with Gasteiger partial charge in [0.25, 0.3) is 5.91 Å². The first kappa shape index (κ1) is 19.0. The van der Waals surface area contributed by atoms with Gasteiger partial charge in [0, 0.05) is 17.9 Å². The molecule has 7 nitrogen and oxygen atoms in total. The molecule has 1 aromatic carbocycles. The lowest BCUT2D eigenvalue weighted by Crippen LogP contribution is -2.48. The molecule has 0 radical (unpaired) electrons. The van der Waals surface area contributed by atoms with E-state index in [1.54, 1.807) is 30.3 Å². The first-order chi connectivity index (χ1) is 11.6. The molecule has 134 valence electrons. The number of amides is 2. The van der Waals surface area contributed by atoms with Crippen molar-refractivity contribution in [3.8, 4) is 0 Å². The van der Waals surface area contributed by atoms with E-state index >= 15 is 0 Å². The molecule has 1 aliphatic heterocycles. The number of hydrogen-bond acceptors (Lipinski definition) is 5. The number of hydrogen-bond donors (Lipinski definition) is 3. The van der Waals surface area contributed by atoms with Crippen LogP contribution in [0.2, 0.25) is 0 Å². The number of ether oxygens (including phenoxy) is 1. The molecule has 2 aromatic rings. The van der Waals surface area contributed by atoms with Gasteiger partial charge < -0.3 is 25.1 Å². The Bertz CT molecular complexity index is 727. The summed E-state index contributed by atoms with van der Waals surface area (Å²) < 4.78 is 10.3. The van der Waals surface area contributed by atoms with Crippen molar-refractivity contribution in [2.75, 3.05) is 30.4 Å². The number of carbonyl (C=O) groups excluding carboxylic acids is 2. The van der Waals surface area contributed by atoms with Gasteiger partial charge in [-0.2, -0.15) is 0 Å². The van der Waals surface area contributed by atoms with Crippen molar-refractivity contribution < 1.29 is 18.7 Å². The van der Waals surface area contributed by atoms with Gasteiger partial charge in [-0.05, 0) is 42.8 Å². The summed E-state index contributed by atoms with van der Waals surface area (Å²) in [6.45, 7) is 3.50. The number of morpholine rings is 1. The summed E-state index contributed by atoms with van der Waals surface area (Å²) in [7, 11) is 0. The molecule has 1 aromatic heterocycles. The van der Waals surface area contributed by atoms with Gasteiger partial charge in [-0.25, -0.2) is 0 Å². The summed E-state index contributed by atoms with van der Waals surface area (Å²) in [5, 5.41) is 8.73. The molecule has 0 saturated carbocycles.